The van der Waals surface area contributed by atoms with Crippen LogP contribution in [0.15, 0.2) is 41.1 Å². The van der Waals surface area contributed by atoms with Crippen molar-refractivity contribution >= 4 is 0 Å². The Morgan fingerprint density at radius 1 is 1.12 bits per heavy atom. The van der Waals surface area contributed by atoms with Gasteiger partial charge in [-0.05, 0) is 17.5 Å². The molecule has 3 heteroatoms. The molecule has 0 amide bonds. The highest BCUT2D eigenvalue weighted by molar-refractivity contribution is 5.26. The maximum Gasteiger partial charge on any atom is 0.124 e. The van der Waals surface area contributed by atoms with E-state index in [1.807, 2.05) is 6.07 Å². The summed E-state index contributed by atoms with van der Waals surface area (Å²) in [5.74, 6) is 0. The van der Waals surface area contributed by atoms with Gasteiger partial charge in [-0.1, -0.05) is 36.3 Å². The standard InChI is InChI=1S/C13H16N2O/c1-2-11-5-3-4-6-12(11)9-14-10-13-7-8-16-15-13/h3-8,14H,2,9-10H2,1H3. The van der Waals surface area contributed by atoms with Crippen LogP contribution in [0.1, 0.15) is 23.7 Å². The van der Waals surface area contributed by atoms with Gasteiger partial charge in [0.1, 0.15) is 6.26 Å². The van der Waals surface area contributed by atoms with Gasteiger partial charge in [0.05, 0.1) is 5.69 Å². The second-order valence-electron chi connectivity index (χ2n) is 3.72. The molecule has 16 heavy (non-hydrogen) atoms. The van der Waals surface area contributed by atoms with Crippen LogP contribution >= 0.6 is 0 Å². The highest BCUT2D eigenvalue weighted by Crippen LogP contribution is 2.09. The summed E-state index contributed by atoms with van der Waals surface area (Å²) >= 11 is 0. The Morgan fingerprint density at radius 2 is 1.94 bits per heavy atom. The quantitative estimate of drug-likeness (QED) is 0.834. The van der Waals surface area contributed by atoms with Crippen molar-refractivity contribution in [3.8, 4) is 0 Å². The lowest BCUT2D eigenvalue weighted by molar-refractivity contribution is 0.408. The molecule has 0 unspecified atom stereocenters. The Morgan fingerprint density at radius 3 is 2.62 bits per heavy atom. The molecule has 84 valence electrons. The first-order valence-corrected chi connectivity index (χ1v) is 5.57. The average molecular weight is 216 g/mol. The lowest BCUT2D eigenvalue weighted by Gasteiger charge is -2.07. The van der Waals surface area contributed by atoms with E-state index in [9.17, 15) is 0 Å². The zero-order valence-electron chi connectivity index (χ0n) is 9.44. The monoisotopic (exact) mass is 216 g/mol. The molecule has 1 heterocycles. The molecule has 1 aromatic heterocycles. The molecule has 3 nitrogen and oxygen atoms in total. The summed E-state index contributed by atoms with van der Waals surface area (Å²) in [4.78, 5) is 0. The second-order valence-corrected chi connectivity index (χ2v) is 3.72. The fourth-order valence-electron chi connectivity index (χ4n) is 1.73. The van der Waals surface area contributed by atoms with Gasteiger partial charge in [-0.25, -0.2) is 0 Å². The van der Waals surface area contributed by atoms with Crippen LogP contribution in [-0.2, 0) is 19.5 Å². The molecule has 2 rings (SSSR count). The molecule has 0 saturated heterocycles. The molecule has 0 atom stereocenters. The van der Waals surface area contributed by atoms with Crippen LogP contribution in [-0.4, -0.2) is 5.16 Å². The summed E-state index contributed by atoms with van der Waals surface area (Å²) in [6.45, 7) is 3.79. The van der Waals surface area contributed by atoms with Gasteiger partial charge in [-0.2, -0.15) is 0 Å². The fraction of sp³-hybridized carbons (Fsp3) is 0.308. The van der Waals surface area contributed by atoms with E-state index in [2.05, 4.69) is 41.7 Å². The summed E-state index contributed by atoms with van der Waals surface area (Å²) < 4.78 is 4.77. The average Bonchev–Trinajstić information content (AvgIpc) is 2.83. The maximum atomic E-state index is 4.77. The van der Waals surface area contributed by atoms with Crippen molar-refractivity contribution in [1.29, 1.82) is 0 Å². The van der Waals surface area contributed by atoms with Gasteiger partial charge in [0, 0.05) is 19.2 Å². The minimum absolute atomic E-state index is 0.745. The van der Waals surface area contributed by atoms with Gasteiger partial charge < -0.3 is 9.84 Å². The summed E-state index contributed by atoms with van der Waals surface area (Å²) in [7, 11) is 0. The number of benzene rings is 1. The number of rotatable bonds is 5. The van der Waals surface area contributed by atoms with Crippen molar-refractivity contribution in [3.63, 3.8) is 0 Å². The summed E-state index contributed by atoms with van der Waals surface area (Å²) in [5.41, 5.74) is 3.69. The first-order valence-electron chi connectivity index (χ1n) is 5.57. The largest absolute Gasteiger partial charge is 0.364 e. The van der Waals surface area contributed by atoms with Crippen LogP contribution in [0.2, 0.25) is 0 Å². The predicted octanol–water partition coefficient (Wildman–Crippen LogP) is 2.53. The lowest BCUT2D eigenvalue weighted by atomic mass is 10.1. The molecule has 0 aliphatic carbocycles. The molecule has 0 saturated carbocycles. The summed E-state index contributed by atoms with van der Waals surface area (Å²) in [5, 5.41) is 7.21. The van der Waals surface area contributed by atoms with Crippen molar-refractivity contribution in [1.82, 2.24) is 10.5 Å². The van der Waals surface area contributed by atoms with Gasteiger partial charge in [0.15, 0.2) is 0 Å². The minimum atomic E-state index is 0.745. The maximum absolute atomic E-state index is 4.77. The molecule has 0 radical (unpaired) electrons. The van der Waals surface area contributed by atoms with E-state index in [4.69, 9.17) is 4.52 Å². The molecule has 0 fully saturated rings. The van der Waals surface area contributed by atoms with Crippen molar-refractivity contribution in [3.05, 3.63) is 53.4 Å². The first kappa shape index (κ1) is 10.9. The van der Waals surface area contributed by atoms with Crippen LogP contribution in [0.4, 0.5) is 0 Å². The van der Waals surface area contributed by atoms with E-state index in [1.165, 1.54) is 11.1 Å². The highest BCUT2D eigenvalue weighted by Gasteiger charge is 2.00. The molecule has 1 aromatic carbocycles. The van der Waals surface area contributed by atoms with E-state index < -0.39 is 0 Å². The molecule has 1 N–H and O–H groups in total. The van der Waals surface area contributed by atoms with Crippen LogP contribution in [0.3, 0.4) is 0 Å². The van der Waals surface area contributed by atoms with Crippen LogP contribution in [0, 0.1) is 0 Å². The molecule has 0 aliphatic heterocycles. The number of hydrogen-bond donors (Lipinski definition) is 1. The van der Waals surface area contributed by atoms with E-state index in [0.717, 1.165) is 25.2 Å². The molecule has 0 bridgehead atoms. The zero-order chi connectivity index (χ0) is 11.2. The highest BCUT2D eigenvalue weighted by atomic mass is 16.5. The van der Waals surface area contributed by atoms with Crippen molar-refractivity contribution in [2.24, 2.45) is 0 Å². The number of nitrogens with zero attached hydrogens (tertiary/aromatic N) is 1. The Kier molecular flexibility index (Phi) is 3.72. The molecular formula is C13H16N2O. The minimum Gasteiger partial charge on any atom is -0.364 e. The topological polar surface area (TPSA) is 38.1 Å². The molecule has 2 aromatic rings. The van der Waals surface area contributed by atoms with E-state index in [0.29, 0.717) is 0 Å². The first-order chi connectivity index (χ1) is 7.90. The van der Waals surface area contributed by atoms with Crippen LogP contribution in [0.5, 0.6) is 0 Å². The number of hydrogen-bond acceptors (Lipinski definition) is 3. The van der Waals surface area contributed by atoms with E-state index in [1.54, 1.807) is 6.26 Å². The van der Waals surface area contributed by atoms with Crippen molar-refractivity contribution in [2.75, 3.05) is 0 Å². The van der Waals surface area contributed by atoms with Crippen molar-refractivity contribution < 1.29 is 4.52 Å². The molecule has 0 aliphatic rings. The molecular weight excluding hydrogens is 200 g/mol. The number of nitrogens with one attached hydrogen (secondary N) is 1. The van der Waals surface area contributed by atoms with Crippen molar-refractivity contribution in [2.45, 2.75) is 26.4 Å². The lowest BCUT2D eigenvalue weighted by Crippen LogP contribution is -2.14. The van der Waals surface area contributed by atoms with E-state index >= 15 is 0 Å². The van der Waals surface area contributed by atoms with Gasteiger partial charge >= 0.3 is 0 Å². The summed E-state index contributed by atoms with van der Waals surface area (Å²) in [6, 6.07) is 10.4. The van der Waals surface area contributed by atoms with Crippen LogP contribution < -0.4 is 5.32 Å². The molecule has 0 spiro atoms. The normalized spacial score (nSPS) is 10.6. The smallest absolute Gasteiger partial charge is 0.124 e. The number of aromatic nitrogens is 1. The van der Waals surface area contributed by atoms with Crippen LogP contribution in [0.25, 0.3) is 0 Å². The Bertz CT molecular complexity index is 423. The Balaban J connectivity index is 1.89. The zero-order valence-corrected chi connectivity index (χ0v) is 9.44. The second kappa shape index (κ2) is 5.47. The SMILES string of the molecule is CCc1ccccc1CNCc1ccon1. The summed E-state index contributed by atoms with van der Waals surface area (Å²) in [6.07, 6.45) is 2.67. The third kappa shape index (κ3) is 2.70. The third-order valence-corrected chi connectivity index (χ3v) is 2.61. The Hall–Kier alpha value is -1.61. The fourth-order valence-corrected chi connectivity index (χ4v) is 1.73. The predicted molar refractivity (Wildman–Crippen MR) is 62.9 cm³/mol. The third-order valence-electron chi connectivity index (χ3n) is 2.61. The van der Waals surface area contributed by atoms with Gasteiger partial charge in [0.25, 0.3) is 0 Å². The van der Waals surface area contributed by atoms with Gasteiger partial charge in [-0.15, -0.1) is 0 Å². The van der Waals surface area contributed by atoms with Gasteiger partial charge in [-0.3, -0.25) is 0 Å². The van der Waals surface area contributed by atoms with Gasteiger partial charge in [0.2, 0.25) is 0 Å². The Labute approximate surface area is 95.5 Å². The number of aryl methyl sites for hydroxylation is 1. The van der Waals surface area contributed by atoms with E-state index in [-0.39, 0.29) is 0 Å².